The van der Waals surface area contributed by atoms with Crippen LogP contribution in [0.4, 0.5) is 5.82 Å². The number of nitrogens with two attached hydrogens (primary N) is 1. The summed E-state index contributed by atoms with van der Waals surface area (Å²) in [4.78, 5) is 18.1. The van der Waals surface area contributed by atoms with E-state index in [1.54, 1.807) is 36.4 Å². The Balaban J connectivity index is 1.68. The van der Waals surface area contributed by atoms with Gasteiger partial charge in [-0.15, -0.1) is 11.3 Å². The summed E-state index contributed by atoms with van der Waals surface area (Å²) in [5.74, 6) is 0.728. The van der Waals surface area contributed by atoms with E-state index in [2.05, 4.69) is 4.98 Å². The topological polar surface area (TPSA) is 89.3 Å². The molecular weight excluding hydrogens is 432 g/mol. The molecule has 2 aromatic heterocycles. The lowest BCUT2D eigenvalue weighted by atomic mass is 9.97. The predicted octanol–water partition coefficient (Wildman–Crippen LogP) is 6.40. The van der Waals surface area contributed by atoms with Crippen LogP contribution in [0.25, 0.3) is 32.7 Å². The first-order valence-corrected chi connectivity index (χ1v) is 10.6. The zero-order valence-corrected chi connectivity index (χ0v) is 17.6. The highest BCUT2D eigenvalue weighted by molar-refractivity contribution is 7.21. The zero-order chi connectivity index (χ0) is 21.5. The number of rotatable bonds is 4. The van der Waals surface area contributed by atoms with Crippen LogP contribution in [0.15, 0.2) is 77.4 Å². The molecule has 5 rings (SSSR count). The number of carbonyl (C=O) groups is 1. The van der Waals surface area contributed by atoms with Crippen LogP contribution in [0, 0.1) is 0 Å². The quantitative estimate of drug-likeness (QED) is 0.312. The largest absolute Gasteiger partial charge is 0.508 e. The summed E-state index contributed by atoms with van der Waals surface area (Å²) >= 11 is 7.63. The zero-order valence-electron chi connectivity index (χ0n) is 16.0. The number of halogens is 1. The van der Waals surface area contributed by atoms with Gasteiger partial charge in [0.2, 0.25) is 11.7 Å². The molecule has 0 fully saturated rings. The van der Waals surface area contributed by atoms with E-state index in [0.29, 0.717) is 27.2 Å². The number of nitrogen functional groups attached to an aromatic ring is 1. The molecule has 0 aliphatic carbocycles. The van der Waals surface area contributed by atoms with Gasteiger partial charge in [0.25, 0.3) is 0 Å². The van der Waals surface area contributed by atoms with E-state index in [0.717, 1.165) is 26.8 Å². The molecule has 7 heteroatoms. The highest BCUT2D eigenvalue weighted by Crippen LogP contribution is 2.42. The second-order valence-corrected chi connectivity index (χ2v) is 8.41. The number of phenolic OH excluding ortho intramolecular Hbond substituents is 1. The fourth-order valence-electron chi connectivity index (χ4n) is 3.50. The predicted molar refractivity (Wildman–Crippen MR) is 124 cm³/mol. The van der Waals surface area contributed by atoms with E-state index in [1.165, 1.54) is 17.6 Å². The fraction of sp³-hybridized carbons (Fsp3) is 0. The minimum absolute atomic E-state index is 0.147. The van der Waals surface area contributed by atoms with E-state index < -0.39 is 0 Å². The summed E-state index contributed by atoms with van der Waals surface area (Å²) in [7, 11) is 0. The number of hydrogen-bond donors (Lipinski definition) is 2. The van der Waals surface area contributed by atoms with Gasteiger partial charge in [-0.25, -0.2) is 0 Å². The van der Waals surface area contributed by atoms with Crippen molar-refractivity contribution in [3.05, 3.63) is 88.5 Å². The number of anilines is 1. The van der Waals surface area contributed by atoms with Gasteiger partial charge in [-0.05, 0) is 48.0 Å². The van der Waals surface area contributed by atoms with Crippen LogP contribution in [0.5, 0.6) is 5.75 Å². The Morgan fingerprint density at radius 1 is 1.03 bits per heavy atom. The maximum Gasteiger partial charge on any atom is 0.227 e. The SMILES string of the molecule is Nc1coc(-c2ccc(-c3c(C(=O)c4ccccc4Cl)sc4cc(O)ccc34)cc2)n1. The highest BCUT2D eigenvalue weighted by atomic mass is 35.5. The molecule has 0 aliphatic heterocycles. The van der Waals surface area contributed by atoms with Crippen LogP contribution in [-0.2, 0) is 0 Å². The number of hydrogen-bond acceptors (Lipinski definition) is 6. The first-order chi connectivity index (χ1) is 15.0. The minimum Gasteiger partial charge on any atom is -0.508 e. The van der Waals surface area contributed by atoms with Crippen molar-refractivity contribution in [1.82, 2.24) is 4.98 Å². The molecule has 0 atom stereocenters. The number of carbonyl (C=O) groups excluding carboxylic acids is 1. The Hall–Kier alpha value is -3.61. The van der Waals surface area contributed by atoms with Crippen molar-refractivity contribution in [2.45, 2.75) is 0 Å². The average Bonchev–Trinajstić information content (AvgIpc) is 3.37. The van der Waals surface area contributed by atoms with E-state index in [9.17, 15) is 9.90 Å². The van der Waals surface area contributed by atoms with Crippen LogP contribution < -0.4 is 5.73 Å². The number of aromatic nitrogens is 1. The molecule has 0 unspecified atom stereocenters. The molecule has 3 aromatic carbocycles. The Kier molecular flexibility index (Phi) is 4.73. The number of oxazole rings is 1. The lowest BCUT2D eigenvalue weighted by Crippen LogP contribution is -2.01. The fourth-order valence-corrected chi connectivity index (χ4v) is 4.93. The normalized spacial score (nSPS) is 11.1. The van der Waals surface area contributed by atoms with Crippen molar-refractivity contribution in [2.75, 3.05) is 5.73 Å². The van der Waals surface area contributed by atoms with Crippen LogP contribution in [0.2, 0.25) is 5.02 Å². The molecule has 31 heavy (non-hydrogen) atoms. The summed E-state index contributed by atoms with van der Waals surface area (Å²) in [5, 5.41) is 11.2. The maximum atomic E-state index is 13.4. The van der Waals surface area contributed by atoms with Gasteiger partial charge in [-0.2, -0.15) is 4.98 Å². The third-order valence-electron chi connectivity index (χ3n) is 4.94. The lowest BCUT2D eigenvalue weighted by molar-refractivity contribution is 0.104. The maximum absolute atomic E-state index is 13.4. The Morgan fingerprint density at radius 2 is 1.77 bits per heavy atom. The molecule has 0 bridgehead atoms. The summed E-state index contributed by atoms with van der Waals surface area (Å²) in [6.07, 6.45) is 1.39. The monoisotopic (exact) mass is 446 g/mol. The van der Waals surface area contributed by atoms with Gasteiger partial charge in [-0.3, -0.25) is 4.79 Å². The molecule has 0 saturated heterocycles. The second-order valence-electron chi connectivity index (χ2n) is 6.95. The first-order valence-electron chi connectivity index (χ1n) is 9.38. The lowest BCUT2D eigenvalue weighted by Gasteiger charge is -2.07. The van der Waals surface area contributed by atoms with Crippen molar-refractivity contribution in [3.63, 3.8) is 0 Å². The Labute approximate surface area is 186 Å². The molecule has 5 aromatic rings. The second kappa shape index (κ2) is 7.58. The summed E-state index contributed by atoms with van der Waals surface area (Å²) in [6.45, 7) is 0. The molecule has 0 aliphatic rings. The molecule has 5 nitrogen and oxygen atoms in total. The number of aromatic hydroxyl groups is 1. The summed E-state index contributed by atoms with van der Waals surface area (Å²) in [5.41, 5.74) is 8.51. The number of benzene rings is 3. The summed E-state index contributed by atoms with van der Waals surface area (Å²) < 4.78 is 6.18. The first kappa shape index (κ1) is 19.4. The third-order valence-corrected chi connectivity index (χ3v) is 6.42. The van der Waals surface area contributed by atoms with Gasteiger partial charge in [0, 0.05) is 26.8 Å². The van der Waals surface area contributed by atoms with Gasteiger partial charge in [-0.1, -0.05) is 35.9 Å². The van der Waals surface area contributed by atoms with Crippen LogP contribution >= 0.6 is 22.9 Å². The van der Waals surface area contributed by atoms with E-state index in [1.807, 2.05) is 30.3 Å². The van der Waals surface area contributed by atoms with E-state index in [-0.39, 0.29) is 11.5 Å². The van der Waals surface area contributed by atoms with Crippen LogP contribution in [0.3, 0.4) is 0 Å². The van der Waals surface area contributed by atoms with Crippen LogP contribution in [0.1, 0.15) is 15.2 Å². The van der Waals surface area contributed by atoms with Crippen molar-refractivity contribution < 1.29 is 14.3 Å². The number of ketones is 1. The smallest absolute Gasteiger partial charge is 0.227 e. The van der Waals surface area contributed by atoms with Crippen molar-refractivity contribution in [3.8, 4) is 28.3 Å². The number of phenols is 1. The van der Waals surface area contributed by atoms with Gasteiger partial charge < -0.3 is 15.3 Å². The molecule has 0 saturated carbocycles. The number of fused-ring (bicyclic) bond motifs is 1. The molecule has 0 spiro atoms. The van der Waals surface area contributed by atoms with Crippen LogP contribution in [-0.4, -0.2) is 15.9 Å². The molecule has 152 valence electrons. The van der Waals surface area contributed by atoms with Gasteiger partial charge in [0.15, 0.2) is 5.82 Å². The van der Waals surface area contributed by atoms with E-state index >= 15 is 0 Å². The van der Waals surface area contributed by atoms with Crippen molar-refractivity contribution >= 4 is 44.6 Å². The van der Waals surface area contributed by atoms with Crippen molar-refractivity contribution in [1.29, 1.82) is 0 Å². The molecule has 0 radical (unpaired) electrons. The molecule has 2 heterocycles. The minimum atomic E-state index is -0.161. The summed E-state index contributed by atoms with van der Waals surface area (Å²) in [6, 6.07) is 19.7. The number of thiophene rings is 1. The van der Waals surface area contributed by atoms with E-state index in [4.69, 9.17) is 21.8 Å². The van der Waals surface area contributed by atoms with Gasteiger partial charge in [0.05, 0.1) is 9.90 Å². The average molecular weight is 447 g/mol. The Bertz CT molecular complexity index is 1440. The standard InChI is InChI=1S/C24H15ClN2O3S/c25-18-4-2-1-3-16(18)22(29)23-21(17-10-9-15(28)11-19(17)31-23)13-5-7-14(8-6-13)24-27-20(26)12-30-24/h1-12,28H,26H2. The van der Waals surface area contributed by atoms with Crippen molar-refractivity contribution in [2.24, 2.45) is 0 Å². The van der Waals surface area contributed by atoms with Gasteiger partial charge >= 0.3 is 0 Å². The Morgan fingerprint density at radius 3 is 2.48 bits per heavy atom. The molecule has 3 N–H and O–H groups in total. The third kappa shape index (κ3) is 3.46. The molecule has 0 amide bonds. The highest BCUT2D eigenvalue weighted by Gasteiger charge is 2.23. The van der Waals surface area contributed by atoms with Gasteiger partial charge in [0.1, 0.15) is 12.0 Å². The molecular formula is C24H15ClN2O3S. The number of nitrogens with zero attached hydrogens (tertiary/aromatic N) is 1.